The fraction of sp³-hybridized carbons (Fsp3) is 0.267. The Labute approximate surface area is 658 Å². The van der Waals surface area contributed by atoms with Gasteiger partial charge in [-0.15, -0.1) is 0 Å². The minimum atomic E-state index is -0.644. The van der Waals surface area contributed by atoms with Crippen molar-refractivity contribution in [1.82, 2.24) is 63.9 Å². The molecule has 10 aromatic rings. The molecule has 8 aromatic carbocycles. The third kappa shape index (κ3) is 17.8. The van der Waals surface area contributed by atoms with Crippen LogP contribution in [0.5, 0.6) is 0 Å². The monoisotopic (exact) mass is 1520 g/mol. The first-order valence-corrected chi connectivity index (χ1v) is 38.2. The smallest absolute Gasteiger partial charge is 0.326 e. The number of aromatic nitrogens is 12. The average molecular weight is 1520 g/mol. The summed E-state index contributed by atoms with van der Waals surface area (Å²) in [5.41, 5.74) is 27.9. The van der Waals surface area contributed by atoms with Crippen molar-refractivity contribution in [3.05, 3.63) is 320 Å². The van der Waals surface area contributed by atoms with Gasteiger partial charge in [0.1, 0.15) is 11.0 Å². The molecule has 24 nitrogen and oxygen atoms in total. The Morgan fingerprint density at radius 3 is 1.30 bits per heavy atom. The van der Waals surface area contributed by atoms with Gasteiger partial charge in [0.2, 0.25) is 0 Å². The van der Waals surface area contributed by atoms with Gasteiger partial charge in [0.25, 0.3) is 22.2 Å². The van der Waals surface area contributed by atoms with Gasteiger partial charge < -0.3 is 39.5 Å². The summed E-state index contributed by atoms with van der Waals surface area (Å²) in [7, 11) is 4.17. The number of hydrogen-bond donors (Lipinski definition) is 5. The highest BCUT2D eigenvalue weighted by Gasteiger charge is 2.30. The molecule has 2 atom stereocenters. The van der Waals surface area contributed by atoms with Crippen LogP contribution in [0.25, 0.3) is 58.3 Å². The molecule has 6 N–H and O–H groups in total. The molecule has 0 bridgehead atoms. The van der Waals surface area contributed by atoms with Crippen molar-refractivity contribution in [2.45, 2.75) is 133 Å². The third-order valence-electron chi connectivity index (χ3n) is 21.1. The summed E-state index contributed by atoms with van der Waals surface area (Å²) in [6.45, 7) is 30.6. The van der Waals surface area contributed by atoms with Crippen LogP contribution in [-0.2, 0) is 38.8 Å². The van der Waals surface area contributed by atoms with Gasteiger partial charge >= 0.3 is 11.4 Å². The van der Waals surface area contributed by atoms with Gasteiger partial charge in [-0.2, -0.15) is 9.97 Å². The summed E-state index contributed by atoms with van der Waals surface area (Å²) in [6, 6.07) is 53.9. The summed E-state index contributed by atoms with van der Waals surface area (Å²) in [5.74, 6) is 1.76. The van der Waals surface area contributed by atoms with Crippen LogP contribution >= 0.6 is 0 Å². The van der Waals surface area contributed by atoms with Crippen molar-refractivity contribution < 1.29 is 0 Å². The standard InChI is InChI=1S/C24H27N5O.C22H23N5O.2C22H22N4O2/c1-15-11-20-21(12-16(15)2)29(23-22(27-20)24(30)26-17(3)25-23)14-19(28(4)5)13-18-9-7-6-8-10-18;1-13-9-18-19(10-14(13)2)27(12-17(23)11-16-7-5-4-6-8-16)21-20(26-18)22(28)25-15(3)24-21;1-13-6-4-7-16(10-13)8-5-9-26-18-12-15(3)14(2)11-17(18)23-19-20(26)24-22(28)25-21(19)27;1-13-6-8-16(9-7-13)5-4-10-26-18-12-15(3)14(2)11-17(18)23-19-20(26)24-22(28)25-21(19)27/h6-12,19H,3,13-14H2,1-2,4-5H3,(H,26,30);4-10,17H,3,11-12,23H2,1-2H3,(H,25,28);4,6-7,10-12H,5,8-9H2,1-3H3,(H,25,27,28);6-9,11-12H,4-5,10H2,1-3H3,(H,25,27,28). The molecule has 0 fully saturated rings. The van der Waals surface area contributed by atoms with Gasteiger partial charge in [-0.05, 0) is 237 Å². The van der Waals surface area contributed by atoms with Crippen molar-refractivity contribution >= 4 is 69.6 Å². The topological polar surface area (TPSA) is 313 Å². The molecule has 6 aliphatic heterocycles. The molecule has 16 rings (SSSR count). The fourth-order valence-corrected chi connectivity index (χ4v) is 14.4. The van der Waals surface area contributed by atoms with Crippen molar-refractivity contribution in [3.8, 4) is 23.0 Å². The largest absolute Gasteiger partial charge is 0.349 e. The zero-order valence-electron chi connectivity index (χ0n) is 66.5. The molecule has 580 valence electrons. The van der Waals surface area contributed by atoms with E-state index in [0.29, 0.717) is 71.1 Å². The van der Waals surface area contributed by atoms with Crippen LogP contribution in [0.2, 0.25) is 0 Å². The van der Waals surface area contributed by atoms with Gasteiger partial charge in [0.05, 0.1) is 44.8 Å². The lowest BCUT2D eigenvalue weighted by molar-refractivity contribution is 0.296. The maximum absolute atomic E-state index is 12.6. The predicted octanol–water partition coefficient (Wildman–Crippen LogP) is 10.4. The lowest BCUT2D eigenvalue weighted by atomic mass is 10.0. The number of aryl methyl sites for hydroxylation is 14. The number of nitrogens with one attached hydrogen (secondary N) is 4. The summed E-state index contributed by atoms with van der Waals surface area (Å²) in [5, 5.41) is 0.644. The number of rotatable bonds is 17. The zero-order valence-corrected chi connectivity index (χ0v) is 66.5. The van der Waals surface area contributed by atoms with Gasteiger partial charge in [0, 0.05) is 38.3 Å². The Kier molecular flexibility index (Phi) is 23.5. The van der Waals surface area contributed by atoms with Crippen LogP contribution in [0.3, 0.4) is 0 Å². The Hall–Kier alpha value is -13.1. The van der Waals surface area contributed by atoms with Crippen LogP contribution in [0.4, 0.5) is 34.4 Å². The number of hydrogen-bond acceptors (Lipinski definition) is 18. The molecule has 24 heteroatoms. The van der Waals surface area contributed by atoms with Crippen molar-refractivity contribution in [2.75, 3.05) is 37.0 Å². The molecular weight excluding hydrogens is 1430 g/mol. The van der Waals surface area contributed by atoms with E-state index >= 15 is 0 Å². The Bertz CT molecular complexity index is 6550. The number of H-pyrrole nitrogens is 4. The number of nitrogens with zero attached hydrogens (tertiary/aromatic N) is 13. The molecule has 0 saturated carbocycles. The normalized spacial score (nSPS) is 12.5. The minimum Gasteiger partial charge on any atom is -0.326 e. The quantitative estimate of drug-likeness (QED) is 0.0529. The third-order valence-corrected chi connectivity index (χ3v) is 21.1. The van der Waals surface area contributed by atoms with E-state index in [1.54, 1.807) is 0 Å². The number of benzene rings is 8. The molecule has 8 heterocycles. The first kappa shape index (κ1) is 79.0. The molecule has 6 aliphatic rings. The molecule has 2 aromatic heterocycles. The second-order valence-corrected chi connectivity index (χ2v) is 30.1. The van der Waals surface area contributed by atoms with E-state index < -0.39 is 22.5 Å². The van der Waals surface area contributed by atoms with Gasteiger partial charge in [-0.25, -0.2) is 39.5 Å². The number of fused-ring (bicyclic) bond motifs is 8. The number of nitrogens with two attached hydrogens (primary N) is 1. The van der Waals surface area contributed by atoms with E-state index in [1.807, 2.05) is 97.2 Å². The van der Waals surface area contributed by atoms with Crippen LogP contribution in [0.15, 0.2) is 196 Å². The summed E-state index contributed by atoms with van der Waals surface area (Å²) >= 11 is 0. The van der Waals surface area contributed by atoms with Crippen molar-refractivity contribution in [3.63, 3.8) is 0 Å². The van der Waals surface area contributed by atoms with Crippen molar-refractivity contribution in [1.29, 1.82) is 0 Å². The summed E-state index contributed by atoms with van der Waals surface area (Å²) < 4.78 is 3.91. The van der Waals surface area contributed by atoms with E-state index in [0.717, 1.165) is 122 Å². The number of aromatic amines is 4. The van der Waals surface area contributed by atoms with E-state index in [4.69, 9.17) is 5.73 Å². The van der Waals surface area contributed by atoms with E-state index in [9.17, 15) is 28.8 Å². The maximum atomic E-state index is 12.6. The van der Waals surface area contributed by atoms with E-state index in [2.05, 4.69) is 241 Å². The van der Waals surface area contributed by atoms with Crippen LogP contribution in [-0.4, -0.2) is 103 Å². The average Bonchev–Trinajstić information content (AvgIpc) is 0.771. The molecule has 0 saturated heterocycles. The van der Waals surface area contributed by atoms with E-state index in [-0.39, 0.29) is 34.6 Å². The Morgan fingerprint density at radius 2 is 0.833 bits per heavy atom. The van der Waals surface area contributed by atoms with Crippen LogP contribution in [0.1, 0.15) is 90.7 Å². The van der Waals surface area contributed by atoms with Gasteiger partial charge in [-0.1, -0.05) is 133 Å². The lowest BCUT2D eigenvalue weighted by Gasteiger charge is -2.34. The molecule has 0 aliphatic carbocycles. The molecule has 2 unspecified atom stereocenters. The first-order valence-electron chi connectivity index (χ1n) is 38.2. The lowest BCUT2D eigenvalue weighted by Crippen LogP contribution is -2.47. The molecule has 0 spiro atoms. The fourth-order valence-electron chi connectivity index (χ4n) is 14.4. The summed E-state index contributed by atoms with van der Waals surface area (Å²) in [4.78, 5) is 125. The Morgan fingerprint density at radius 1 is 0.412 bits per heavy atom. The molecule has 0 amide bonds. The van der Waals surface area contributed by atoms with Crippen molar-refractivity contribution in [2.24, 2.45) is 15.7 Å². The minimum absolute atomic E-state index is 0.142. The van der Waals surface area contributed by atoms with Crippen LogP contribution < -0.4 is 70.8 Å². The van der Waals surface area contributed by atoms with Gasteiger partial charge in [0.15, 0.2) is 45.4 Å². The van der Waals surface area contributed by atoms with Gasteiger partial charge in [-0.3, -0.25) is 29.1 Å². The Balaban J connectivity index is 0.000000133. The highest BCUT2D eigenvalue weighted by atomic mass is 16.2. The highest BCUT2D eigenvalue weighted by molar-refractivity contribution is 5.83. The zero-order chi connectivity index (χ0) is 80.9. The number of anilines is 4. The molecule has 0 radical (unpaired) electrons. The second kappa shape index (κ2) is 33.9. The first-order chi connectivity index (χ1) is 54.6. The second-order valence-electron chi connectivity index (χ2n) is 30.1. The SMILES string of the molecule is C=c1nc2c(c(=O)[nH]1)=Nc1cc(C)c(C)cc1N2CC(Cc1ccccc1)N(C)C.C=c1nc2c(c(=O)[nH]1)=Nc1cc(C)c(C)cc1N2CC(N)Cc1ccccc1.Cc1ccc(CCCn2c3nc(=O)[nH]c(=O)c-3nc3cc(C)c(C)cc32)cc1.Cc1cccc(CCCn2c3nc(=O)[nH]c(=O)c-3nc3cc(C)c(C)cc32)c1. The van der Waals surface area contributed by atoms with Crippen LogP contribution in [0, 0.1) is 69.2 Å². The predicted molar refractivity (Wildman–Crippen MR) is 453 cm³/mol. The molecule has 114 heavy (non-hydrogen) atoms. The highest BCUT2D eigenvalue weighted by Crippen LogP contribution is 2.39. The summed E-state index contributed by atoms with van der Waals surface area (Å²) in [6.07, 6.45) is 5.13. The van der Waals surface area contributed by atoms with E-state index in [1.165, 1.54) is 38.9 Å². The number of likely N-dealkylation sites (N-methyl/N-ethyl adjacent to an activating group) is 1. The molecular formula is C90H94N18O6. The maximum Gasteiger partial charge on any atom is 0.349 e.